The molecule has 6 heteroatoms. The van der Waals surface area contributed by atoms with Gasteiger partial charge in [0.05, 0.1) is 6.54 Å². The van der Waals surface area contributed by atoms with Crippen molar-refractivity contribution in [3.05, 3.63) is 35.9 Å². The second kappa shape index (κ2) is 7.64. The Bertz CT molecular complexity index is 478. The highest BCUT2D eigenvalue weighted by Crippen LogP contribution is 2.18. The highest BCUT2D eigenvalue weighted by Gasteiger charge is 2.29. The molecule has 21 heavy (non-hydrogen) atoms. The van der Waals surface area contributed by atoms with E-state index < -0.39 is 5.97 Å². The van der Waals surface area contributed by atoms with Gasteiger partial charge in [0.1, 0.15) is 6.61 Å². The Hall–Kier alpha value is -2.08. The third-order valence-corrected chi connectivity index (χ3v) is 3.47. The fraction of sp³-hybridized carbons (Fsp3) is 0.467. The summed E-state index contributed by atoms with van der Waals surface area (Å²) in [6, 6.07) is 9.53. The maximum absolute atomic E-state index is 12.1. The summed E-state index contributed by atoms with van der Waals surface area (Å²) in [6.45, 7) is 1.30. The second-order valence-electron chi connectivity index (χ2n) is 5.05. The van der Waals surface area contributed by atoms with Crippen molar-refractivity contribution in [2.75, 3.05) is 19.6 Å². The van der Waals surface area contributed by atoms with Gasteiger partial charge in [-0.3, -0.25) is 4.79 Å². The molecule has 2 N–H and O–H groups in total. The second-order valence-corrected chi connectivity index (χ2v) is 5.05. The summed E-state index contributed by atoms with van der Waals surface area (Å²) in [6.07, 6.45) is 1.45. The van der Waals surface area contributed by atoms with Crippen LogP contribution in [0.15, 0.2) is 30.3 Å². The zero-order valence-electron chi connectivity index (χ0n) is 11.8. The summed E-state index contributed by atoms with van der Waals surface area (Å²) in [7, 11) is 0. The Balaban J connectivity index is 1.78. The number of nitrogens with zero attached hydrogens (tertiary/aromatic N) is 1. The van der Waals surface area contributed by atoms with Crippen LogP contribution in [0.2, 0.25) is 0 Å². The number of carboxylic acids is 1. The van der Waals surface area contributed by atoms with E-state index in [-0.39, 0.29) is 25.3 Å². The molecule has 1 heterocycles. The van der Waals surface area contributed by atoms with E-state index in [0.29, 0.717) is 13.1 Å². The molecular formula is C15H20N2O4. The van der Waals surface area contributed by atoms with Crippen molar-refractivity contribution < 1.29 is 19.4 Å². The summed E-state index contributed by atoms with van der Waals surface area (Å²) in [5.41, 5.74) is 0.950. The van der Waals surface area contributed by atoms with Crippen LogP contribution in [0.1, 0.15) is 18.4 Å². The zero-order valence-corrected chi connectivity index (χ0v) is 11.8. The lowest BCUT2D eigenvalue weighted by Gasteiger charge is -2.24. The lowest BCUT2D eigenvalue weighted by molar-refractivity contribution is -0.135. The van der Waals surface area contributed by atoms with Crippen LogP contribution in [0.25, 0.3) is 0 Å². The van der Waals surface area contributed by atoms with Crippen molar-refractivity contribution in [1.29, 1.82) is 0 Å². The van der Waals surface area contributed by atoms with E-state index in [9.17, 15) is 9.59 Å². The minimum Gasteiger partial charge on any atom is -0.480 e. The number of aliphatic carboxylic acids is 1. The predicted molar refractivity (Wildman–Crippen MR) is 76.9 cm³/mol. The molecule has 1 saturated heterocycles. The van der Waals surface area contributed by atoms with Crippen molar-refractivity contribution in [1.82, 2.24) is 10.2 Å². The maximum Gasteiger partial charge on any atom is 0.410 e. The summed E-state index contributed by atoms with van der Waals surface area (Å²) >= 11 is 0. The number of nitrogens with one attached hydrogen (secondary N) is 1. The van der Waals surface area contributed by atoms with Crippen LogP contribution < -0.4 is 5.32 Å². The van der Waals surface area contributed by atoms with Crippen molar-refractivity contribution in [2.24, 2.45) is 0 Å². The topological polar surface area (TPSA) is 78.9 Å². The maximum atomic E-state index is 12.1. The third-order valence-electron chi connectivity index (χ3n) is 3.47. The van der Waals surface area contributed by atoms with Gasteiger partial charge >= 0.3 is 12.1 Å². The molecule has 1 aliphatic heterocycles. The van der Waals surface area contributed by atoms with E-state index in [0.717, 1.165) is 18.4 Å². The molecule has 1 aliphatic rings. The number of carboxylic acid groups (broad SMARTS) is 1. The lowest BCUT2D eigenvalue weighted by Crippen LogP contribution is -2.42. The van der Waals surface area contributed by atoms with Crippen molar-refractivity contribution in [3.8, 4) is 0 Å². The summed E-state index contributed by atoms with van der Waals surface area (Å²) in [4.78, 5) is 24.2. The molecular weight excluding hydrogens is 272 g/mol. The van der Waals surface area contributed by atoms with E-state index in [1.807, 2.05) is 30.3 Å². The molecule has 0 spiro atoms. The summed E-state index contributed by atoms with van der Waals surface area (Å²) in [5, 5.41) is 11.4. The summed E-state index contributed by atoms with van der Waals surface area (Å²) in [5.74, 6) is -0.897. The minimum atomic E-state index is -0.897. The number of rotatable bonds is 6. The van der Waals surface area contributed by atoms with Gasteiger partial charge < -0.3 is 20.1 Å². The number of carbonyl (C=O) groups is 2. The van der Waals surface area contributed by atoms with E-state index in [1.54, 1.807) is 4.90 Å². The van der Waals surface area contributed by atoms with E-state index >= 15 is 0 Å². The molecule has 1 amide bonds. The first-order valence-electron chi connectivity index (χ1n) is 7.06. The van der Waals surface area contributed by atoms with Gasteiger partial charge in [0.15, 0.2) is 0 Å². The average molecular weight is 292 g/mol. The Kier molecular flexibility index (Phi) is 5.57. The zero-order chi connectivity index (χ0) is 15.1. The molecule has 2 rings (SSSR count). The monoisotopic (exact) mass is 292 g/mol. The highest BCUT2D eigenvalue weighted by molar-refractivity contribution is 5.69. The fourth-order valence-corrected chi connectivity index (χ4v) is 2.44. The van der Waals surface area contributed by atoms with Crippen LogP contribution in [0.4, 0.5) is 4.79 Å². The normalized spacial score (nSPS) is 17.7. The van der Waals surface area contributed by atoms with Crippen LogP contribution in [0.5, 0.6) is 0 Å². The number of carbonyl (C=O) groups excluding carboxylic acids is 1. The SMILES string of the molecule is O=C(O)CNC[C@@H]1CCCN1C(=O)OCc1ccccc1. The lowest BCUT2D eigenvalue weighted by atomic mass is 10.2. The van der Waals surface area contributed by atoms with E-state index in [2.05, 4.69) is 5.32 Å². The highest BCUT2D eigenvalue weighted by atomic mass is 16.6. The van der Waals surface area contributed by atoms with Gasteiger partial charge in [0, 0.05) is 19.1 Å². The molecule has 1 aromatic rings. The van der Waals surface area contributed by atoms with Gasteiger partial charge in [-0.1, -0.05) is 30.3 Å². The molecule has 6 nitrogen and oxygen atoms in total. The molecule has 0 unspecified atom stereocenters. The van der Waals surface area contributed by atoms with Crippen LogP contribution in [-0.4, -0.2) is 47.7 Å². The first-order chi connectivity index (χ1) is 10.2. The van der Waals surface area contributed by atoms with Gasteiger partial charge in [0.25, 0.3) is 0 Å². The Morgan fingerprint density at radius 1 is 1.33 bits per heavy atom. The van der Waals surface area contributed by atoms with Gasteiger partial charge in [-0.2, -0.15) is 0 Å². The molecule has 0 radical (unpaired) electrons. The molecule has 1 fully saturated rings. The fourth-order valence-electron chi connectivity index (χ4n) is 2.44. The first kappa shape index (κ1) is 15.3. The Labute approximate surface area is 123 Å². The molecule has 0 bridgehead atoms. The number of ether oxygens (including phenoxy) is 1. The smallest absolute Gasteiger partial charge is 0.410 e. The summed E-state index contributed by atoms with van der Waals surface area (Å²) < 4.78 is 5.31. The van der Waals surface area contributed by atoms with Gasteiger partial charge in [-0.05, 0) is 18.4 Å². The Morgan fingerprint density at radius 2 is 2.10 bits per heavy atom. The standard InChI is InChI=1S/C15H20N2O4/c18-14(19)10-16-9-13-7-4-8-17(13)15(20)21-11-12-5-2-1-3-6-12/h1-3,5-6,13,16H,4,7-11H2,(H,18,19)/t13-/m0/s1. The largest absolute Gasteiger partial charge is 0.480 e. The van der Waals surface area contributed by atoms with Crippen molar-refractivity contribution >= 4 is 12.1 Å². The molecule has 1 aromatic carbocycles. The molecule has 114 valence electrons. The molecule has 0 aliphatic carbocycles. The molecule has 1 atom stereocenters. The third kappa shape index (κ3) is 4.75. The van der Waals surface area contributed by atoms with E-state index in [1.165, 1.54) is 0 Å². The van der Waals surface area contributed by atoms with Crippen LogP contribution in [0, 0.1) is 0 Å². The number of hydrogen-bond donors (Lipinski definition) is 2. The number of benzene rings is 1. The predicted octanol–water partition coefficient (Wildman–Crippen LogP) is 1.46. The van der Waals surface area contributed by atoms with Crippen molar-refractivity contribution in [2.45, 2.75) is 25.5 Å². The average Bonchev–Trinajstić information content (AvgIpc) is 2.94. The van der Waals surface area contributed by atoms with Crippen molar-refractivity contribution in [3.63, 3.8) is 0 Å². The first-order valence-corrected chi connectivity index (χ1v) is 7.06. The Morgan fingerprint density at radius 3 is 2.81 bits per heavy atom. The van der Waals surface area contributed by atoms with Gasteiger partial charge in [-0.15, -0.1) is 0 Å². The van der Waals surface area contributed by atoms with Gasteiger partial charge in [0.2, 0.25) is 0 Å². The van der Waals surface area contributed by atoms with Gasteiger partial charge in [-0.25, -0.2) is 4.79 Å². The van der Waals surface area contributed by atoms with Crippen LogP contribution >= 0.6 is 0 Å². The van der Waals surface area contributed by atoms with Crippen LogP contribution in [0.3, 0.4) is 0 Å². The van der Waals surface area contributed by atoms with E-state index in [4.69, 9.17) is 9.84 Å². The number of amides is 1. The molecule has 0 saturated carbocycles. The quantitative estimate of drug-likeness (QED) is 0.830. The van der Waals surface area contributed by atoms with Crippen LogP contribution in [-0.2, 0) is 16.1 Å². The molecule has 0 aromatic heterocycles. The number of hydrogen-bond acceptors (Lipinski definition) is 4. The minimum absolute atomic E-state index is 0.00706. The number of likely N-dealkylation sites (tertiary alicyclic amines) is 1.